The number of nitrogens with zero attached hydrogens (tertiary/aromatic N) is 3. The zero-order chi connectivity index (χ0) is 12.7. The van der Waals surface area contributed by atoms with Crippen LogP contribution in [-0.2, 0) is 0 Å². The highest BCUT2D eigenvalue weighted by Crippen LogP contribution is 2.02. The van der Waals surface area contributed by atoms with E-state index in [1.54, 1.807) is 0 Å². The highest BCUT2D eigenvalue weighted by atomic mass is 15.4. The van der Waals surface area contributed by atoms with Gasteiger partial charge in [0.2, 0.25) is 11.9 Å². The van der Waals surface area contributed by atoms with Crippen LogP contribution in [0.5, 0.6) is 0 Å². The molecule has 98 valence electrons. The summed E-state index contributed by atoms with van der Waals surface area (Å²) in [6, 6.07) is 0. The Hall–Kier alpha value is -1.30. The van der Waals surface area contributed by atoms with E-state index in [1.165, 1.54) is 0 Å². The number of aliphatic imine (C=N–C) groups is 2. The Kier molecular flexibility index (Phi) is 5.76. The second-order valence-corrected chi connectivity index (χ2v) is 4.21. The lowest BCUT2D eigenvalue weighted by molar-refractivity contribution is 0.377. The van der Waals surface area contributed by atoms with Crippen LogP contribution in [0.1, 0.15) is 39.5 Å². The van der Waals surface area contributed by atoms with Crippen LogP contribution in [0.25, 0.3) is 0 Å². The van der Waals surface area contributed by atoms with E-state index in [4.69, 9.17) is 11.5 Å². The number of hydrogen-bond acceptors (Lipinski definition) is 6. The first-order chi connectivity index (χ1) is 8.17. The van der Waals surface area contributed by atoms with Gasteiger partial charge in [0.15, 0.2) is 6.29 Å². The third kappa shape index (κ3) is 4.60. The van der Waals surface area contributed by atoms with Gasteiger partial charge in [-0.25, -0.2) is 4.99 Å². The average Bonchev–Trinajstić information content (AvgIpc) is 2.28. The van der Waals surface area contributed by atoms with E-state index in [-0.39, 0.29) is 5.96 Å². The molecule has 1 aliphatic heterocycles. The van der Waals surface area contributed by atoms with Crippen LogP contribution in [0.4, 0.5) is 0 Å². The van der Waals surface area contributed by atoms with Crippen LogP contribution in [0, 0.1) is 0 Å². The molecule has 0 saturated heterocycles. The maximum atomic E-state index is 5.72. The number of unbranched alkanes of at least 4 members (excludes halogenated alkanes) is 2. The molecule has 6 nitrogen and oxygen atoms in total. The molecule has 0 aromatic rings. The molecular weight excluding hydrogens is 216 g/mol. The van der Waals surface area contributed by atoms with Gasteiger partial charge >= 0.3 is 0 Å². The quantitative estimate of drug-likeness (QED) is 0.627. The lowest BCUT2D eigenvalue weighted by atomic mass is 10.3. The molecule has 0 bridgehead atoms. The number of nitrogens with two attached hydrogens (primary N) is 2. The monoisotopic (exact) mass is 240 g/mol. The average molecular weight is 240 g/mol. The molecule has 0 aromatic heterocycles. The van der Waals surface area contributed by atoms with Crippen molar-refractivity contribution < 1.29 is 0 Å². The van der Waals surface area contributed by atoms with E-state index in [2.05, 4.69) is 34.0 Å². The highest BCUT2D eigenvalue weighted by molar-refractivity contribution is 5.95. The molecule has 17 heavy (non-hydrogen) atoms. The first-order valence-corrected chi connectivity index (χ1v) is 6.36. The van der Waals surface area contributed by atoms with Crippen molar-refractivity contribution in [3.63, 3.8) is 0 Å². The molecule has 1 atom stereocenters. The van der Waals surface area contributed by atoms with Crippen molar-refractivity contribution in [2.45, 2.75) is 45.8 Å². The molecule has 0 aromatic carbocycles. The van der Waals surface area contributed by atoms with Gasteiger partial charge in [0.1, 0.15) is 0 Å². The minimum atomic E-state index is -0.478. The Balaban J connectivity index is 2.64. The SMILES string of the molecule is CCCCN(CCCC)C1=NC(N)=NC(N)N1. The summed E-state index contributed by atoms with van der Waals surface area (Å²) in [5.41, 5.74) is 11.4. The number of guanidine groups is 2. The van der Waals surface area contributed by atoms with E-state index in [0.29, 0.717) is 0 Å². The molecule has 0 radical (unpaired) electrons. The van der Waals surface area contributed by atoms with Crippen LogP contribution in [0.15, 0.2) is 9.98 Å². The minimum Gasteiger partial charge on any atom is -0.368 e. The summed E-state index contributed by atoms with van der Waals surface area (Å²) < 4.78 is 0. The molecule has 1 heterocycles. The summed E-state index contributed by atoms with van der Waals surface area (Å²) in [7, 11) is 0. The van der Waals surface area contributed by atoms with Gasteiger partial charge in [0.05, 0.1) is 0 Å². The van der Waals surface area contributed by atoms with Crippen molar-refractivity contribution in [1.29, 1.82) is 0 Å². The van der Waals surface area contributed by atoms with E-state index >= 15 is 0 Å². The van der Waals surface area contributed by atoms with Gasteiger partial charge in [-0.3, -0.25) is 5.73 Å². The van der Waals surface area contributed by atoms with Crippen molar-refractivity contribution in [1.82, 2.24) is 10.2 Å². The second kappa shape index (κ2) is 7.11. The molecule has 0 aliphatic carbocycles. The smallest absolute Gasteiger partial charge is 0.221 e. The lowest BCUT2D eigenvalue weighted by Gasteiger charge is -2.29. The Morgan fingerprint density at radius 1 is 1.24 bits per heavy atom. The van der Waals surface area contributed by atoms with Crippen LogP contribution in [0.3, 0.4) is 0 Å². The van der Waals surface area contributed by atoms with Gasteiger partial charge in [-0.1, -0.05) is 26.7 Å². The van der Waals surface area contributed by atoms with E-state index in [9.17, 15) is 0 Å². The molecule has 1 unspecified atom stereocenters. The maximum Gasteiger partial charge on any atom is 0.221 e. The first-order valence-electron chi connectivity index (χ1n) is 6.36. The van der Waals surface area contributed by atoms with Gasteiger partial charge < -0.3 is 16.0 Å². The van der Waals surface area contributed by atoms with E-state index < -0.39 is 6.29 Å². The van der Waals surface area contributed by atoms with Crippen molar-refractivity contribution in [3.8, 4) is 0 Å². The summed E-state index contributed by atoms with van der Waals surface area (Å²) in [5, 5.41) is 3.05. The molecule has 5 N–H and O–H groups in total. The molecule has 1 aliphatic rings. The highest BCUT2D eigenvalue weighted by Gasteiger charge is 2.17. The third-order valence-electron chi connectivity index (χ3n) is 2.63. The molecular formula is C11H24N6. The number of nitrogens with one attached hydrogen (secondary N) is 1. The zero-order valence-corrected chi connectivity index (χ0v) is 10.8. The Labute approximate surface area is 103 Å². The Morgan fingerprint density at radius 2 is 1.82 bits per heavy atom. The van der Waals surface area contributed by atoms with E-state index in [0.717, 1.165) is 44.7 Å². The van der Waals surface area contributed by atoms with Crippen LogP contribution in [0.2, 0.25) is 0 Å². The Morgan fingerprint density at radius 3 is 2.29 bits per heavy atom. The van der Waals surface area contributed by atoms with Gasteiger partial charge in [-0.05, 0) is 12.8 Å². The van der Waals surface area contributed by atoms with Gasteiger partial charge in [-0.2, -0.15) is 4.99 Å². The topological polar surface area (TPSA) is 92.0 Å². The predicted molar refractivity (Wildman–Crippen MR) is 71.6 cm³/mol. The summed E-state index contributed by atoms with van der Waals surface area (Å²) in [5.74, 6) is 1.01. The normalized spacial score (nSPS) is 19.4. The maximum absolute atomic E-state index is 5.72. The molecule has 0 fully saturated rings. The molecule has 0 saturated carbocycles. The van der Waals surface area contributed by atoms with Crippen molar-refractivity contribution in [2.24, 2.45) is 21.5 Å². The summed E-state index contributed by atoms with van der Waals surface area (Å²) >= 11 is 0. The van der Waals surface area contributed by atoms with Gasteiger partial charge in [0, 0.05) is 13.1 Å². The summed E-state index contributed by atoms with van der Waals surface area (Å²) in [4.78, 5) is 10.3. The number of rotatable bonds is 6. The molecule has 0 amide bonds. The van der Waals surface area contributed by atoms with Crippen LogP contribution >= 0.6 is 0 Å². The first kappa shape index (κ1) is 13.8. The zero-order valence-electron chi connectivity index (χ0n) is 10.8. The van der Waals surface area contributed by atoms with Crippen molar-refractivity contribution >= 4 is 11.9 Å². The second-order valence-electron chi connectivity index (χ2n) is 4.21. The molecule has 1 rings (SSSR count). The van der Waals surface area contributed by atoms with Crippen LogP contribution in [-0.4, -0.2) is 36.2 Å². The van der Waals surface area contributed by atoms with E-state index in [1.807, 2.05) is 0 Å². The third-order valence-corrected chi connectivity index (χ3v) is 2.63. The minimum absolute atomic E-state index is 0.254. The fourth-order valence-electron chi connectivity index (χ4n) is 1.66. The van der Waals surface area contributed by atoms with Crippen molar-refractivity contribution in [2.75, 3.05) is 13.1 Å². The predicted octanol–water partition coefficient (Wildman–Crippen LogP) is 0.405. The van der Waals surface area contributed by atoms with Crippen molar-refractivity contribution in [3.05, 3.63) is 0 Å². The fourth-order valence-corrected chi connectivity index (χ4v) is 1.66. The molecule has 0 spiro atoms. The Bertz CT molecular complexity index is 278. The lowest BCUT2D eigenvalue weighted by Crippen LogP contribution is -2.52. The summed E-state index contributed by atoms with van der Waals surface area (Å²) in [6.07, 6.45) is 4.11. The number of hydrogen-bond donors (Lipinski definition) is 3. The summed E-state index contributed by atoms with van der Waals surface area (Å²) in [6.45, 7) is 6.30. The fraction of sp³-hybridized carbons (Fsp3) is 0.818. The molecule has 6 heteroatoms. The van der Waals surface area contributed by atoms with Gasteiger partial charge in [0.25, 0.3) is 0 Å². The van der Waals surface area contributed by atoms with Gasteiger partial charge in [-0.15, -0.1) is 0 Å². The standard InChI is InChI=1S/C11H24N6/c1-3-5-7-17(8-6-4-2)11-15-9(12)14-10(13)16-11/h9H,3-8,12H2,1-2H3,(H3,13,14,15,16). The largest absolute Gasteiger partial charge is 0.368 e. The van der Waals surface area contributed by atoms with Crippen LogP contribution < -0.4 is 16.8 Å².